The van der Waals surface area contributed by atoms with Crippen LogP contribution in [0.2, 0.25) is 5.02 Å². The number of rotatable bonds is 11. The van der Waals surface area contributed by atoms with Crippen LogP contribution >= 0.6 is 11.6 Å². The lowest BCUT2D eigenvalue weighted by molar-refractivity contribution is -0.140. The molecular weight excluding hydrogens is 529 g/mol. The number of nitrogens with zero attached hydrogens (tertiary/aromatic N) is 2. The van der Waals surface area contributed by atoms with Crippen LogP contribution in [0.4, 0.5) is 10.1 Å². The smallest absolute Gasteiger partial charge is 0.244 e. The molecule has 0 fully saturated rings. The summed E-state index contributed by atoms with van der Waals surface area (Å²) in [7, 11) is -3.97. The zero-order valence-corrected chi connectivity index (χ0v) is 23.0. The minimum absolute atomic E-state index is 0.00314. The first-order valence-electron chi connectivity index (χ1n) is 12.1. The molecule has 0 heterocycles. The van der Waals surface area contributed by atoms with Crippen molar-refractivity contribution < 1.29 is 22.4 Å². The molecule has 0 radical (unpaired) electrons. The van der Waals surface area contributed by atoms with Crippen molar-refractivity contribution >= 4 is 39.1 Å². The van der Waals surface area contributed by atoms with Gasteiger partial charge in [-0.2, -0.15) is 0 Å². The summed E-state index contributed by atoms with van der Waals surface area (Å²) in [5.74, 6) is -1.65. The number of sulfonamides is 1. The first-order chi connectivity index (χ1) is 17.9. The summed E-state index contributed by atoms with van der Waals surface area (Å²) in [6.45, 7) is 3.01. The van der Waals surface area contributed by atoms with E-state index < -0.39 is 34.3 Å². The molecule has 0 aliphatic heterocycles. The number of hydrogen-bond acceptors (Lipinski definition) is 4. The normalized spacial score (nSPS) is 12.2. The number of nitrogens with one attached hydrogen (secondary N) is 1. The molecule has 1 unspecified atom stereocenters. The third kappa shape index (κ3) is 8.29. The first-order valence-corrected chi connectivity index (χ1v) is 14.3. The van der Waals surface area contributed by atoms with Crippen molar-refractivity contribution in [2.45, 2.75) is 38.9 Å². The fraction of sp³-hybridized carbons (Fsp3) is 0.286. The highest BCUT2D eigenvalue weighted by Crippen LogP contribution is 2.22. The largest absolute Gasteiger partial charge is 0.352 e. The molecule has 0 bridgehead atoms. The van der Waals surface area contributed by atoms with E-state index in [0.29, 0.717) is 10.6 Å². The lowest BCUT2D eigenvalue weighted by atomic mass is 10.0. The van der Waals surface area contributed by atoms with Crippen LogP contribution in [0.3, 0.4) is 0 Å². The molecule has 2 amide bonds. The average molecular weight is 560 g/mol. The molecule has 3 aromatic rings. The zero-order valence-electron chi connectivity index (χ0n) is 21.5. The number of halogens is 2. The van der Waals surface area contributed by atoms with Crippen molar-refractivity contribution in [3.8, 4) is 0 Å². The van der Waals surface area contributed by atoms with Gasteiger partial charge in [-0.15, -0.1) is 0 Å². The van der Waals surface area contributed by atoms with Crippen LogP contribution in [0.25, 0.3) is 0 Å². The monoisotopic (exact) mass is 559 g/mol. The Labute approximate surface area is 228 Å². The Hall–Kier alpha value is -3.43. The van der Waals surface area contributed by atoms with Gasteiger partial charge in [0.15, 0.2) is 0 Å². The fourth-order valence-electron chi connectivity index (χ4n) is 4.01. The van der Waals surface area contributed by atoms with Crippen molar-refractivity contribution in [2.75, 3.05) is 17.1 Å². The van der Waals surface area contributed by atoms with E-state index in [2.05, 4.69) is 5.32 Å². The maximum Gasteiger partial charge on any atom is 0.244 e. The van der Waals surface area contributed by atoms with E-state index in [0.717, 1.165) is 22.2 Å². The van der Waals surface area contributed by atoms with Gasteiger partial charge in [0.1, 0.15) is 18.4 Å². The quantitative estimate of drug-likeness (QED) is 0.377. The summed E-state index contributed by atoms with van der Waals surface area (Å²) in [5, 5.41) is 3.34. The molecule has 0 aliphatic carbocycles. The molecule has 3 aromatic carbocycles. The summed E-state index contributed by atoms with van der Waals surface area (Å²) < 4.78 is 40.2. The van der Waals surface area contributed by atoms with Gasteiger partial charge in [-0.25, -0.2) is 12.8 Å². The van der Waals surface area contributed by atoms with Gasteiger partial charge in [-0.3, -0.25) is 13.9 Å². The predicted octanol–water partition coefficient (Wildman–Crippen LogP) is 4.41. The summed E-state index contributed by atoms with van der Waals surface area (Å²) in [5.41, 5.74) is 1.50. The number of benzene rings is 3. The van der Waals surface area contributed by atoms with Gasteiger partial charge >= 0.3 is 0 Å². The molecule has 0 aromatic heterocycles. The minimum atomic E-state index is -3.97. The third-order valence-corrected chi connectivity index (χ3v) is 7.10. The van der Waals surface area contributed by atoms with Crippen LogP contribution in [-0.4, -0.2) is 50.0 Å². The van der Waals surface area contributed by atoms with Crippen molar-refractivity contribution in [1.82, 2.24) is 10.2 Å². The SMILES string of the molecule is CC(C)NC(=O)C(Cc1ccccc1)N(Cc1cccc(Cl)c1)C(=O)CN(c1cccc(F)c1)S(C)(=O)=O. The van der Waals surface area contributed by atoms with Crippen LogP contribution in [0.15, 0.2) is 78.9 Å². The molecule has 202 valence electrons. The van der Waals surface area contributed by atoms with E-state index in [4.69, 9.17) is 11.6 Å². The molecule has 1 N–H and O–H groups in total. The highest BCUT2D eigenvalue weighted by molar-refractivity contribution is 7.92. The van der Waals surface area contributed by atoms with E-state index in [1.54, 1.807) is 24.3 Å². The van der Waals surface area contributed by atoms with E-state index in [1.807, 2.05) is 44.2 Å². The van der Waals surface area contributed by atoms with Gasteiger partial charge in [-0.1, -0.05) is 60.1 Å². The summed E-state index contributed by atoms with van der Waals surface area (Å²) >= 11 is 6.18. The number of carbonyl (C=O) groups excluding carboxylic acids is 2. The Morgan fingerprint density at radius 2 is 1.61 bits per heavy atom. The van der Waals surface area contributed by atoms with Crippen LogP contribution in [0, 0.1) is 5.82 Å². The van der Waals surface area contributed by atoms with Crippen molar-refractivity contribution in [2.24, 2.45) is 0 Å². The summed E-state index contributed by atoms with van der Waals surface area (Å²) in [6.07, 6.45) is 1.14. The molecular formula is C28H31ClFN3O4S. The molecule has 3 rings (SSSR count). The van der Waals surface area contributed by atoms with Gasteiger partial charge in [0.05, 0.1) is 11.9 Å². The van der Waals surface area contributed by atoms with Gasteiger partial charge in [0, 0.05) is 24.0 Å². The van der Waals surface area contributed by atoms with E-state index in [9.17, 15) is 22.4 Å². The van der Waals surface area contributed by atoms with Gasteiger partial charge in [-0.05, 0) is 55.3 Å². The van der Waals surface area contributed by atoms with Crippen molar-refractivity contribution in [3.05, 3.63) is 101 Å². The average Bonchev–Trinajstić information content (AvgIpc) is 2.84. The summed E-state index contributed by atoms with van der Waals surface area (Å²) in [4.78, 5) is 28.7. The maximum atomic E-state index is 14.0. The standard InChI is InChI=1S/C28H31ClFN3O4S/c1-20(2)31-28(35)26(16-21-9-5-4-6-10-21)32(18-22-11-7-12-23(29)15-22)27(34)19-33(38(3,36)37)25-14-8-13-24(30)17-25/h4-15,17,20,26H,16,18-19H2,1-3H3,(H,31,35). The van der Waals surface area contributed by atoms with Crippen LogP contribution in [-0.2, 0) is 32.6 Å². The highest BCUT2D eigenvalue weighted by Gasteiger charge is 2.33. The lowest BCUT2D eigenvalue weighted by Gasteiger charge is -2.34. The molecule has 0 aliphatic rings. The second-order valence-corrected chi connectivity index (χ2v) is 11.6. The Kier molecular flexibility index (Phi) is 9.88. The van der Waals surface area contributed by atoms with Gasteiger partial charge in [0.25, 0.3) is 0 Å². The van der Waals surface area contributed by atoms with E-state index in [1.165, 1.54) is 23.1 Å². The lowest BCUT2D eigenvalue weighted by Crippen LogP contribution is -2.54. The number of amides is 2. The second-order valence-electron chi connectivity index (χ2n) is 9.27. The third-order valence-electron chi connectivity index (χ3n) is 5.72. The van der Waals surface area contributed by atoms with Crippen LogP contribution in [0.1, 0.15) is 25.0 Å². The Morgan fingerprint density at radius 3 is 2.21 bits per heavy atom. The first kappa shape index (κ1) is 29.1. The molecule has 0 saturated carbocycles. The molecule has 0 spiro atoms. The van der Waals surface area contributed by atoms with Crippen LogP contribution < -0.4 is 9.62 Å². The van der Waals surface area contributed by atoms with Crippen molar-refractivity contribution in [1.29, 1.82) is 0 Å². The topological polar surface area (TPSA) is 86.8 Å². The minimum Gasteiger partial charge on any atom is -0.352 e. The summed E-state index contributed by atoms with van der Waals surface area (Å²) in [6, 6.07) is 20.0. The molecule has 7 nitrogen and oxygen atoms in total. The number of carbonyl (C=O) groups is 2. The fourth-order valence-corrected chi connectivity index (χ4v) is 5.07. The predicted molar refractivity (Wildman–Crippen MR) is 148 cm³/mol. The number of anilines is 1. The molecule has 1 atom stereocenters. The second kappa shape index (κ2) is 12.9. The Balaban J connectivity index is 2.06. The Morgan fingerprint density at radius 1 is 0.947 bits per heavy atom. The van der Waals surface area contributed by atoms with Crippen LogP contribution in [0.5, 0.6) is 0 Å². The van der Waals surface area contributed by atoms with Gasteiger partial charge in [0.2, 0.25) is 21.8 Å². The zero-order chi connectivity index (χ0) is 27.9. The number of hydrogen-bond donors (Lipinski definition) is 1. The van der Waals surface area contributed by atoms with Gasteiger partial charge < -0.3 is 10.2 Å². The molecule has 0 saturated heterocycles. The molecule has 10 heteroatoms. The highest BCUT2D eigenvalue weighted by atomic mass is 35.5. The molecule has 38 heavy (non-hydrogen) atoms. The van der Waals surface area contributed by atoms with E-state index >= 15 is 0 Å². The maximum absolute atomic E-state index is 14.0. The van der Waals surface area contributed by atoms with Crippen molar-refractivity contribution in [3.63, 3.8) is 0 Å². The Bertz CT molecular complexity index is 1370. The van der Waals surface area contributed by atoms with E-state index in [-0.39, 0.29) is 30.6 Å².